The third kappa shape index (κ3) is 4.07. The molecular formula is C17H30O4Si. The van der Waals surface area contributed by atoms with E-state index in [0.29, 0.717) is 12.8 Å². The summed E-state index contributed by atoms with van der Waals surface area (Å²) in [5, 5.41) is 0.0976. The van der Waals surface area contributed by atoms with Crippen molar-refractivity contribution in [1.29, 1.82) is 0 Å². The lowest BCUT2D eigenvalue weighted by Crippen LogP contribution is -2.47. The SMILES string of the molecule is COC(=O)C1CC(O[Si](C)(C)C(C)(C)C)CC(=C(C)C)C1=O. The van der Waals surface area contributed by atoms with Gasteiger partial charge in [0.25, 0.3) is 0 Å². The van der Waals surface area contributed by atoms with E-state index in [1.165, 1.54) is 7.11 Å². The Hall–Kier alpha value is -0.943. The summed E-state index contributed by atoms with van der Waals surface area (Å²) in [6, 6.07) is 0. The molecule has 22 heavy (non-hydrogen) atoms. The molecule has 0 heterocycles. The maximum absolute atomic E-state index is 12.5. The fourth-order valence-corrected chi connectivity index (χ4v) is 3.84. The van der Waals surface area contributed by atoms with Crippen LogP contribution in [0.5, 0.6) is 0 Å². The van der Waals surface area contributed by atoms with Crippen molar-refractivity contribution in [2.45, 2.75) is 71.7 Å². The first-order valence-electron chi connectivity index (χ1n) is 7.87. The standard InChI is InChI=1S/C17H30O4Si/c1-11(2)13-9-12(21-22(7,8)17(3,4)5)10-14(15(13)18)16(19)20-6/h12,14H,9-10H2,1-8H3. The molecule has 2 atom stereocenters. The highest BCUT2D eigenvalue weighted by Crippen LogP contribution is 2.40. The van der Waals surface area contributed by atoms with Gasteiger partial charge in [0.05, 0.1) is 13.2 Å². The Balaban J connectivity index is 3.06. The first kappa shape index (κ1) is 19.1. The lowest BCUT2D eigenvalue weighted by molar-refractivity contribution is -0.150. The van der Waals surface area contributed by atoms with Gasteiger partial charge in [-0.1, -0.05) is 26.3 Å². The molecule has 0 aromatic heterocycles. The predicted octanol–water partition coefficient (Wildman–Crippen LogP) is 3.87. The molecule has 1 aliphatic carbocycles. The third-order valence-corrected chi connectivity index (χ3v) is 9.44. The first-order chi connectivity index (χ1) is 9.90. The van der Waals surface area contributed by atoms with E-state index in [4.69, 9.17) is 9.16 Å². The number of carbonyl (C=O) groups excluding carboxylic acids is 2. The van der Waals surface area contributed by atoms with Crippen LogP contribution in [0.25, 0.3) is 0 Å². The number of hydrogen-bond acceptors (Lipinski definition) is 4. The quantitative estimate of drug-likeness (QED) is 0.342. The van der Waals surface area contributed by atoms with Crippen LogP contribution < -0.4 is 0 Å². The Morgan fingerprint density at radius 3 is 2.18 bits per heavy atom. The van der Waals surface area contributed by atoms with Gasteiger partial charge >= 0.3 is 5.97 Å². The van der Waals surface area contributed by atoms with Crippen molar-refractivity contribution < 1.29 is 18.8 Å². The van der Waals surface area contributed by atoms with Crippen LogP contribution in [-0.4, -0.2) is 33.3 Å². The van der Waals surface area contributed by atoms with Crippen LogP contribution in [0, 0.1) is 5.92 Å². The maximum atomic E-state index is 12.5. The Kier molecular flexibility index (Phi) is 5.79. The van der Waals surface area contributed by atoms with Crippen molar-refractivity contribution >= 4 is 20.1 Å². The van der Waals surface area contributed by atoms with E-state index >= 15 is 0 Å². The molecule has 4 nitrogen and oxygen atoms in total. The van der Waals surface area contributed by atoms with Gasteiger partial charge in [-0.2, -0.15) is 0 Å². The number of carbonyl (C=O) groups is 2. The van der Waals surface area contributed by atoms with E-state index in [1.54, 1.807) is 0 Å². The lowest BCUT2D eigenvalue weighted by Gasteiger charge is -2.41. The van der Waals surface area contributed by atoms with Gasteiger partial charge in [0.1, 0.15) is 5.92 Å². The summed E-state index contributed by atoms with van der Waals surface area (Å²) in [5.74, 6) is -1.27. The molecule has 1 saturated carbocycles. The number of ether oxygens (including phenoxy) is 1. The molecular weight excluding hydrogens is 296 g/mol. The minimum Gasteiger partial charge on any atom is -0.468 e. The van der Waals surface area contributed by atoms with Crippen molar-refractivity contribution in [3.8, 4) is 0 Å². The van der Waals surface area contributed by atoms with Crippen LogP contribution in [0.4, 0.5) is 0 Å². The molecule has 0 bridgehead atoms. The van der Waals surface area contributed by atoms with Gasteiger partial charge in [0.15, 0.2) is 14.1 Å². The number of esters is 1. The van der Waals surface area contributed by atoms with Gasteiger partial charge in [-0.05, 0) is 44.0 Å². The molecule has 2 unspecified atom stereocenters. The average molecular weight is 327 g/mol. The number of rotatable bonds is 3. The zero-order valence-corrected chi connectivity index (χ0v) is 16.2. The van der Waals surface area contributed by atoms with Gasteiger partial charge in [-0.25, -0.2) is 0 Å². The number of Topliss-reactive ketones (excluding diaryl/α,β-unsaturated/α-hetero) is 1. The summed E-state index contributed by atoms with van der Waals surface area (Å²) in [6.07, 6.45) is 0.934. The topological polar surface area (TPSA) is 52.6 Å². The van der Waals surface area contributed by atoms with E-state index < -0.39 is 20.2 Å². The van der Waals surface area contributed by atoms with Crippen LogP contribution in [0.15, 0.2) is 11.1 Å². The Morgan fingerprint density at radius 2 is 1.77 bits per heavy atom. The molecule has 126 valence electrons. The molecule has 0 aromatic carbocycles. The molecule has 0 aromatic rings. The zero-order valence-electron chi connectivity index (χ0n) is 15.2. The molecule has 0 aliphatic heterocycles. The van der Waals surface area contributed by atoms with Crippen LogP contribution in [-0.2, 0) is 18.8 Å². The van der Waals surface area contributed by atoms with E-state index in [1.807, 2.05) is 13.8 Å². The summed E-state index contributed by atoms with van der Waals surface area (Å²) in [5.41, 5.74) is 1.69. The highest BCUT2D eigenvalue weighted by molar-refractivity contribution is 6.74. The normalized spacial score (nSPS) is 23.5. The molecule has 1 aliphatic rings. The van der Waals surface area contributed by atoms with E-state index in [-0.39, 0.29) is 16.9 Å². The van der Waals surface area contributed by atoms with Gasteiger partial charge in [-0.3, -0.25) is 9.59 Å². The molecule has 0 radical (unpaired) electrons. The number of hydrogen-bond donors (Lipinski definition) is 0. The van der Waals surface area contributed by atoms with Crippen molar-refractivity contribution in [3.05, 3.63) is 11.1 Å². The van der Waals surface area contributed by atoms with Crippen LogP contribution in [0.1, 0.15) is 47.5 Å². The summed E-state index contributed by atoms with van der Waals surface area (Å²) in [7, 11) is -0.610. The van der Waals surface area contributed by atoms with Crippen LogP contribution >= 0.6 is 0 Å². The summed E-state index contributed by atoms with van der Waals surface area (Å²) >= 11 is 0. The summed E-state index contributed by atoms with van der Waals surface area (Å²) < 4.78 is 11.2. The Labute approximate surface area is 135 Å². The highest BCUT2D eigenvalue weighted by atomic mass is 28.4. The Bertz CT molecular complexity index is 481. The van der Waals surface area contributed by atoms with Crippen molar-refractivity contribution in [2.75, 3.05) is 7.11 Å². The second-order valence-corrected chi connectivity index (χ2v) is 12.6. The van der Waals surface area contributed by atoms with Crippen LogP contribution in [0.2, 0.25) is 18.1 Å². The molecule has 0 amide bonds. The molecule has 0 spiro atoms. The summed E-state index contributed by atoms with van der Waals surface area (Å²) in [4.78, 5) is 24.4. The fraction of sp³-hybridized carbons (Fsp3) is 0.765. The summed E-state index contributed by atoms with van der Waals surface area (Å²) in [6.45, 7) is 14.8. The van der Waals surface area contributed by atoms with Crippen molar-refractivity contribution in [1.82, 2.24) is 0 Å². The van der Waals surface area contributed by atoms with E-state index in [9.17, 15) is 9.59 Å². The van der Waals surface area contributed by atoms with Gasteiger partial charge in [0.2, 0.25) is 0 Å². The second kappa shape index (κ2) is 6.67. The smallest absolute Gasteiger partial charge is 0.316 e. The second-order valence-electron chi connectivity index (χ2n) is 7.86. The molecule has 0 N–H and O–H groups in total. The molecule has 5 heteroatoms. The van der Waals surface area contributed by atoms with E-state index in [0.717, 1.165) is 11.1 Å². The minimum atomic E-state index is -1.94. The van der Waals surface area contributed by atoms with Crippen molar-refractivity contribution in [2.24, 2.45) is 5.92 Å². The number of allylic oxidation sites excluding steroid dienone is 1. The lowest BCUT2D eigenvalue weighted by atomic mass is 9.81. The van der Waals surface area contributed by atoms with Crippen LogP contribution in [0.3, 0.4) is 0 Å². The maximum Gasteiger partial charge on any atom is 0.316 e. The number of methoxy groups -OCH3 is 1. The molecule has 1 fully saturated rings. The predicted molar refractivity (Wildman–Crippen MR) is 90.2 cm³/mol. The first-order valence-corrected chi connectivity index (χ1v) is 10.8. The number of ketones is 1. The van der Waals surface area contributed by atoms with Crippen molar-refractivity contribution in [3.63, 3.8) is 0 Å². The van der Waals surface area contributed by atoms with E-state index in [2.05, 4.69) is 33.9 Å². The minimum absolute atomic E-state index is 0.0902. The fourth-order valence-electron chi connectivity index (χ4n) is 2.47. The molecule has 0 saturated heterocycles. The molecule has 1 rings (SSSR count). The highest BCUT2D eigenvalue weighted by Gasteiger charge is 2.44. The largest absolute Gasteiger partial charge is 0.468 e. The zero-order chi connectivity index (χ0) is 17.3. The monoisotopic (exact) mass is 326 g/mol. The third-order valence-electron chi connectivity index (χ3n) is 4.90. The van der Waals surface area contributed by atoms with Gasteiger partial charge in [-0.15, -0.1) is 0 Å². The van der Waals surface area contributed by atoms with Gasteiger partial charge in [0, 0.05) is 6.42 Å². The Morgan fingerprint density at radius 1 is 1.23 bits per heavy atom. The average Bonchev–Trinajstić information content (AvgIpc) is 2.37. The van der Waals surface area contributed by atoms with Gasteiger partial charge < -0.3 is 9.16 Å².